The number of carbonyl (C=O) groups excluding carboxylic acids is 1. The van der Waals surface area contributed by atoms with Crippen LogP contribution in [0.5, 0.6) is 11.5 Å². The number of carbonyl (C=O) groups is 1. The number of phenols is 2. The van der Waals surface area contributed by atoms with E-state index in [4.69, 9.17) is 0 Å². The topological polar surface area (TPSA) is 128 Å². The van der Waals surface area contributed by atoms with Gasteiger partial charge in [0.2, 0.25) is 5.43 Å². The number of benzene rings is 3. The Morgan fingerprint density at radius 1 is 1.00 bits per heavy atom. The molecule has 0 aliphatic carbocycles. The molecule has 3 aromatic carbocycles. The maximum atomic E-state index is 14.9. The van der Waals surface area contributed by atoms with Crippen LogP contribution in [0.2, 0.25) is 0 Å². The van der Waals surface area contributed by atoms with Crippen molar-refractivity contribution in [1.29, 1.82) is 0 Å². The van der Waals surface area contributed by atoms with Gasteiger partial charge in [-0.15, -0.1) is 0 Å². The summed E-state index contributed by atoms with van der Waals surface area (Å²) in [6, 6.07) is 12.0. The minimum absolute atomic E-state index is 0.000433. The molecule has 0 bridgehead atoms. The highest BCUT2D eigenvalue weighted by atomic mass is 79.9. The molecule has 194 valence electrons. The summed E-state index contributed by atoms with van der Waals surface area (Å²) in [7, 11) is 0. The van der Waals surface area contributed by atoms with Gasteiger partial charge in [-0.25, -0.2) is 9.82 Å². The molecule has 4 rings (SSSR count). The van der Waals surface area contributed by atoms with Crippen LogP contribution in [0.4, 0.5) is 10.1 Å². The van der Waals surface area contributed by atoms with Crippen LogP contribution in [-0.2, 0) is 6.54 Å². The van der Waals surface area contributed by atoms with Crippen LogP contribution in [0.25, 0.3) is 10.9 Å². The molecule has 4 N–H and O–H groups in total. The van der Waals surface area contributed by atoms with E-state index in [-0.39, 0.29) is 28.1 Å². The van der Waals surface area contributed by atoms with E-state index in [2.05, 4.69) is 52.9 Å². The van der Waals surface area contributed by atoms with Crippen molar-refractivity contribution in [2.75, 3.05) is 5.43 Å². The quantitative estimate of drug-likeness (QED) is 0.160. The Labute approximate surface area is 232 Å². The Hall–Kier alpha value is -4.03. The van der Waals surface area contributed by atoms with Crippen molar-refractivity contribution in [1.82, 2.24) is 9.99 Å². The maximum Gasteiger partial charge on any atom is 0.276 e. The van der Waals surface area contributed by atoms with E-state index in [0.29, 0.717) is 27.7 Å². The van der Waals surface area contributed by atoms with Gasteiger partial charge in [-0.05, 0) is 55.5 Å². The number of rotatable bonds is 7. The average molecular weight is 645 g/mol. The molecule has 1 heterocycles. The zero-order valence-corrected chi connectivity index (χ0v) is 22.9. The van der Waals surface area contributed by atoms with E-state index < -0.39 is 17.2 Å². The SMILES string of the molecule is CCn1cc(C(=O)N/N=C\c2cc(Br)ccc2O)c(=O)c2cc(F)c(N/N=C\c3cc(Br)ccc3O)cc21. The molecule has 38 heavy (non-hydrogen) atoms. The molecule has 0 unspecified atom stereocenters. The summed E-state index contributed by atoms with van der Waals surface area (Å²) in [5.74, 6) is -1.58. The second kappa shape index (κ2) is 11.6. The Kier molecular flexibility index (Phi) is 8.23. The smallest absolute Gasteiger partial charge is 0.276 e. The van der Waals surface area contributed by atoms with Gasteiger partial charge in [0, 0.05) is 38.2 Å². The number of phenolic OH excluding ortho intramolecular Hbond substituents is 2. The molecular weight excluding hydrogens is 625 g/mol. The van der Waals surface area contributed by atoms with Crippen LogP contribution in [-0.4, -0.2) is 33.1 Å². The predicted molar refractivity (Wildman–Crippen MR) is 152 cm³/mol. The molecule has 0 atom stereocenters. The van der Waals surface area contributed by atoms with Gasteiger partial charge in [0.1, 0.15) is 22.9 Å². The second-order valence-corrected chi connectivity index (χ2v) is 9.81. The summed E-state index contributed by atoms with van der Waals surface area (Å²) in [5, 5.41) is 27.6. The molecule has 0 saturated carbocycles. The molecule has 1 aromatic heterocycles. The Bertz CT molecular complexity index is 1670. The molecule has 0 aliphatic rings. The highest BCUT2D eigenvalue weighted by Crippen LogP contribution is 2.24. The zero-order valence-electron chi connectivity index (χ0n) is 19.7. The first-order valence-electron chi connectivity index (χ1n) is 11.1. The number of hydrogen-bond donors (Lipinski definition) is 4. The van der Waals surface area contributed by atoms with Crippen molar-refractivity contribution >= 4 is 66.8 Å². The van der Waals surface area contributed by atoms with Crippen LogP contribution in [0.15, 0.2) is 78.7 Å². The molecule has 4 aromatic rings. The van der Waals surface area contributed by atoms with Crippen molar-refractivity contribution in [2.24, 2.45) is 10.2 Å². The van der Waals surface area contributed by atoms with Gasteiger partial charge in [-0.1, -0.05) is 31.9 Å². The van der Waals surface area contributed by atoms with Gasteiger partial charge in [-0.2, -0.15) is 10.2 Å². The fourth-order valence-corrected chi connectivity index (χ4v) is 4.33. The molecule has 0 spiro atoms. The second-order valence-electron chi connectivity index (χ2n) is 7.98. The van der Waals surface area contributed by atoms with Gasteiger partial charge in [0.25, 0.3) is 5.91 Å². The molecule has 9 nitrogen and oxygen atoms in total. The number of anilines is 1. The van der Waals surface area contributed by atoms with Crippen molar-refractivity contribution in [2.45, 2.75) is 13.5 Å². The number of aromatic nitrogens is 1. The first-order chi connectivity index (χ1) is 18.2. The molecule has 0 aliphatic heterocycles. The highest BCUT2D eigenvalue weighted by molar-refractivity contribution is 9.10. The zero-order chi connectivity index (χ0) is 27.4. The number of amides is 1. The van der Waals surface area contributed by atoms with Crippen molar-refractivity contribution in [3.63, 3.8) is 0 Å². The van der Waals surface area contributed by atoms with Crippen LogP contribution in [0, 0.1) is 5.82 Å². The van der Waals surface area contributed by atoms with Gasteiger partial charge >= 0.3 is 0 Å². The lowest BCUT2D eigenvalue weighted by atomic mass is 10.1. The normalized spacial score (nSPS) is 11.5. The van der Waals surface area contributed by atoms with Crippen molar-refractivity contribution in [3.05, 3.63) is 96.4 Å². The van der Waals surface area contributed by atoms with E-state index in [1.54, 1.807) is 28.8 Å². The molecule has 0 saturated heterocycles. The van der Waals surface area contributed by atoms with E-state index in [1.807, 2.05) is 6.92 Å². The number of pyridine rings is 1. The number of fused-ring (bicyclic) bond motifs is 1. The van der Waals surface area contributed by atoms with Crippen LogP contribution >= 0.6 is 31.9 Å². The van der Waals surface area contributed by atoms with Crippen molar-refractivity contribution in [3.8, 4) is 11.5 Å². The monoisotopic (exact) mass is 643 g/mol. The van der Waals surface area contributed by atoms with E-state index >= 15 is 0 Å². The predicted octanol–water partition coefficient (Wildman–Crippen LogP) is 5.31. The Morgan fingerprint density at radius 2 is 1.61 bits per heavy atom. The van der Waals surface area contributed by atoms with E-state index in [0.717, 1.165) is 10.5 Å². The number of hydrazone groups is 2. The average Bonchev–Trinajstić information content (AvgIpc) is 2.89. The third kappa shape index (κ3) is 5.92. The summed E-state index contributed by atoms with van der Waals surface area (Å²) in [6.45, 7) is 2.19. The summed E-state index contributed by atoms with van der Waals surface area (Å²) in [5.41, 5.74) is 5.12. The third-order valence-corrected chi connectivity index (χ3v) is 6.48. The number of hydrogen-bond acceptors (Lipinski definition) is 7. The molecule has 0 radical (unpaired) electrons. The minimum atomic E-state index is -0.786. The highest BCUT2D eigenvalue weighted by Gasteiger charge is 2.17. The fourth-order valence-electron chi connectivity index (χ4n) is 3.57. The van der Waals surface area contributed by atoms with E-state index in [9.17, 15) is 24.2 Å². The van der Waals surface area contributed by atoms with Crippen LogP contribution in [0.1, 0.15) is 28.4 Å². The molecule has 1 amide bonds. The van der Waals surface area contributed by atoms with Crippen LogP contribution < -0.4 is 16.3 Å². The molecule has 0 fully saturated rings. The fraction of sp³-hybridized carbons (Fsp3) is 0.0769. The summed E-state index contributed by atoms with van der Waals surface area (Å²) >= 11 is 6.59. The van der Waals surface area contributed by atoms with Crippen molar-refractivity contribution < 1.29 is 19.4 Å². The lowest BCUT2D eigenvalue weighted by Gasteiger charge is -2.13. The molecular formula is C26H20Br2FN5O4. The minimum Gasteiger partial charge on any atom is -0.507 e. The van der Waals surface area contributed by atoms with Gasteiger partial charge in [0.15, 0.2) is 0 Å². The number of aromatic hydroxyl groups is 2. The Morgan fingerprint density at radius 3 is 2.21 bits per heavy atom. The van der Waals surface area contributed by atoms with Gasteiger partial charge < -0.3 is 14.8 Å². The Balaban J connectivity index is 1.62. The summed E-state index contributed by atoms with van der Waals surface area (Å²) in [4.78, 5) is 25.8. The number of aryl methyl sites for hydroxylation is 1. The standard InChI is InChI=1S/C26H20Br2FN5O4/c1-2-34-13-19(26(38)33-31-12-15-8-17(28)4-6-24(15)36)25(37)18-9-20(29)21(10-22(18)34)32-30-11-14-7-16(27)3-5-23(14)35/h3-13,32,35-36H,2H2,1H3,(H,33,38)/b30-11-,31-12-. The first kappa shape index (κ1) is 27.0. The number of nitrogens with one attached hydrogen (secondary N) is 2. The first-order valence-corrected chi connectivity index (χ1v) is 12.7. The van der Waals surface area contributed by atoms with Gasteiger partial charge in [0.05, 0.1) is 23.6 Å². The number of nitrogens with zero attached hydrogens (tertiary/aromatic N) is 3. The third-order valence-electron chi connectivity index (χ3n) is 5.49. The maximum absolute atomic E-state index is 14.9. The summed E-state index contributed by atoms with van der Waals surface area (Å²) < 4.78 is 18.0. The number of halogens is 3. The van der Waals surface area contributed by atoms with Crippen LogP contribution in [0.3, 0.4) is 0 Å². The largest absolute Gasteiger partial charge is 0.507 e. The van der Waals surface area contributed by atoms with E-state index in [1.165, 1.54) is 36.8 Å². The summed E-state index contributed by atoms with van der Waals surface area (Å²) in [6.07, 6.45) is 3.94. The lowest BCUT2D eigenvalue weighted by molar-refractivity contribution is 0.0953. The lowest BCUT2D eigenvalue weighted by Crippen LogP contribution is -2.27. The molecule has 12 heteroatoms. The van der Waals surface area contributed by atoms with Gasteiger partial charge in [-0.3, -0.25) is 15.0 Å².